The van der Waals surface area contributed by atoms with E-state index in [1.807, 2.05) is 18.2 Å². The molecule has 14 heavy (non-hydrogen) atoms. The van der Waals surface area contributed by atoms with Crippen LogP contribution in [0.5, 0.6) is 0 Å². The Bertz CT molecular complexity index is 485. The summed E-state index contributed by atoms with van der Waals surface area (Å²) < 4.78 is 1.10. The van der Waals surface area contributed by atoms with Crippen LogP contribution in [0.2, 0.25) is 5.02 Å². The highest BCUT2D eigenvalue weighted by Gasteiger charge is 2.03. The minimum atomic E-state index is 0.512. The molecule has 0 atom stereocenters. The SMILES string of the molecule is ClCc1cc(I)c2ncc(Cl)cc2c1. The first-order valence-corrected chi connectivity index (χ1v) is 5.99. The first-order valence-electron chi connectivity index (χ1n) is 4.00. The van der Waals surface area contributed by atoms with Gasteiger partial charge in [0, 0.05) is 21.0 Å². The van der Waals surface area contributed by atoms with Gasteiger partial charge in [-0.05, 0) is 46.4 Å². The molecule has 1 aromatic heterocycles. The molecule has 1 aromatic carbocycles. The van der Waals surface area contributed by atoms with Crippen LogP contribution in [-0.2, 0) is 5.88 Å². The van der Waals surface area contributed by atoms with Crippen molar-refractivity contribution < 1.29 is 0 Å². The summed E-state index contributed by atoms with van der Waals surface area (Å²) in [7, 11) is 0. The summed E-state index contributed by atoms with van der Waals surface area (Å²) in [4.78, 5) is 4.27. The van der Waals surface area contributed by atoms with Gasteiger partial charge in [0.05, 0.1) is 10.5 Å². The molecule has 0 aliphatic rings. The minimum absolute atomic E-state index is 0.512. The van der Waals surface area contributed by atoms with E-state index in [0.29, 0.717) is 10.9 Å². The summed E-state index contributed by atoms with van der Waals surface area (Å²) in [5.41, 5.74) is 2.07. The zero-order valence-corrected chi connectivity index (χ0v) is 10.8. The Morgan fingerprint density at radius 2 is 2.07 bits per heavy atom. The third-order valence-corrected chi connectivity index (χ3v) is 3.25. The molecule has 0 spiro atoms. The molecule has 0 aliphatic carbocycles. The van der Waals surface area contributed by atoms with Gasteiger partial charge in [-0.15, -0.1) is 11.6 Å². The molecule has 1 heterocycles. The van der Waals surface area contributed by atoms with Crippen LogP contribution >= 0.6 is 45.8 Å². The second-order valence-corrected chi connectivity index (χ2v) is 4.80. The predicted molar refractivity (Wildman–Crippen MR) is 69.0 cm³/mol. The number of nitrogens with zero attached hydrogens (tertiary/aromatic N) is 1. The third kappa shape index (κ3) is 1.97. The fourth-order valence-electron chi connectivity index (χ4n) is 1.31. The molecule has 0 saturated heterocycles. The molecule has 0 amide bonds. The maximum absolute atomic E-state index is 5.87. The summed E-state index contributed by atoms with van der Waals surface area (Å²) >= 11 is 13.9. The van der Waals surface area contributed by atoms with Crippen LogP contribution in [0.25, 0.3) is 10.9 Å². The lowest BCUT2D eigenvalue weighted by atomic mass is 10.1. The monoisotopic (exact) mass is 337 g/mol. The zero-order valence-electron chi connectivity index (χ0n) is 7.10. The Morgan fingerprint density at radius 3 is 2.79 bits per heavy atom. The maximum Gasteiger partial charge on any atom is 0.0836 e. The van der Waals surface area contributed by atoms with Crippen LogP contribution in [-0.4, -0.2) is 4.98 Å². The van der Waals surface area contributed by atoms with E-state index in [0.717, 1.165) is 20.0 Å². The normalized spacial score (nSPS) is 10.8. The van der Waals surface area contributed by atoms with Crippen LogP contribution in [0.15, 0.2) is 24.4 Å². The maximum atomic E-state index is 5.87. The van der Waals surface area contributed by atoms with E-state index < -0.39 is 0 Å². The van der Waals surface area contributed by atoms with E-state index in [4.69, 9.17) is 23.2 Å². The number of pyridine rings is 1. The lowest BCUT2D eigenvalue weighted by molar-refractivity contribution is 1.36. The van der Waals surface area contributed by atoms with Crippen LogP contribution in [0.1, 0.15) is 5.56 Å². The Hall–Kier alpha value is -0.0600. The number of benzene rings is 1. The van der Waals surface area contributed by atoms with Gasteiger partial charge >= 0.3 is 0 Å². The molecule has 72 valence electrons. The molecule has 2 rings (SSSR count). The van der Waals surface area contributed by atoms with Gasteiger partial charge in [0.25, 0.3) is 0 Å². The molecule has 0 unspecified atom stereocenters. The lowest BCUT2D eigenvalue weighted by Gasteiger charge is -2.03. The van der Waals surface area contributed by atoms with Crippen LogP contribution < -0.4 is 0 Å². The number of fused-ring (bicyclic) bond motifs is 1. The van der Waals surface area contributed by atoms with Crippen molar-refractivity contribution in [1.82, 2.24) is 4.98 Å². The smallest absolute Gasteiger partial charge is 0.0836 e. The molecule has 4 heteroatoms. The van der Waals surface area contributed by atoms with E-state index in [-0.39, 0.29) is 0 Å². The first-order chi connectivity index (χ1) is 6.70. The zero-order chi connectivity index (χ0) is 10.1. The van der Waals surface area contributed by atoms with Gasteiger partial charge in [0.1, 0.15) is 0 Å². The van der Waals surface area contributed by atoms with Crippen molar-refractivity contribution >= 4 is 56.7 Å². The fraction of sp³-hybridized carbons (Fsp3) is 0.100. The number of aromatic nitrogens is 1. The van der Waals surface area contributed by atoms with Gasteiger partial charge in [0.2, 0.25) is 0 Å². The Morgan fingerprint density at radius 1 is 1.29 bits per heavy atom. The molecule has 0 fully saturated rings. The summed E-state index contributed by atoms with van der Waals surface area (Å²) in [5.74, 6) is 0.512. The van der Waals surface area contributed by atoms with Gasteiger partial charge in [-0.2, -0.15) is 0 Å². The number of halogens is 3. The molecule has 0 N–H and O–H groups in total. The van der Waals surface area contributed by atoms with Gasteiger partial charge in [-0.3, -0.25) is 4.98 Å². The van der Waals surface area contributed by atoms with Gasteiger partial charge in [-0.1, -0.05) is 11.6 Å². The van der Waals surface area contributed by atoms with Crippen molar-refractivity contribution in [2.75, 3.05) is 0 Å². The van der Waals surface area contributed by atoms with Crippen molar-refractivity contribution in [3.05, 3.63) is 38.6 Å². The molecule has 0 aliphatic heterocycles. The highest BCUT2D eigenvalue weighted by atomic mass is 127. The largest absolute Gasteiger partial charge is 0.254 e. The molecular formula is C10H6Cl2IN. The second kappa shape index (κ2) is 4.21. The van der Waals surface area contributed by atoms with Crippen molar-refractivity contribution in [3.8, 4) is 0 Å². The molecule has 2 aromatic rings. The van der Waals surface area contributed by atoms with E-state index in [1.165, 1.54) is 0 Å². The van der Waals surface area contributed by atoms with Crippen LogP contribution in [0.3, 0.4) is 0 Å². The Balaban J connectivity index is 2.77. The minimum Gasteiger partial charge on any atom is -0.254 e. The van der Waals surface area contributed by atoms with Crippen LogP contribution in [0, 0.1) is 3.57 Å². The van der Waals surface area contributed by atoms with Gasteiger partial charge < -0.3 is 0 Å². The van der Waals surface area contributed by atoms with E-state index in [1.54, 1.807) is 6.20 Å². The molecular weight excluding hydrogens is 332 g/mol. The van der Waals surface area contributed by atoms with E-state index in [9.17, 15) is 0 Å². The van der Waals surface area contributed by atoms with Crippen molar-refractivity contribution in [3.63, 3.8) is 0 Å². The fourth-order valence-corrected chi connectivity index (χ4v) is 2.49. The summed E-state index contributed by atoms with van der Waals surface area (Å²) in [6.45, 7) is 0. The lowest BCUT2D eigenvalue weighted by Crippen LogP contribution is -1.86. The Kier molecular flexibility index (Phi) is 3.14. The quantitative estimate of drug-likeness (QED) is 0.560. The number of alkyl halides is 1. The second-order valence-electron chi connectivity index (χ2n) is 2.94. The first kappa shape index (κ1) is 10.5. The molecule has 0 saturated carbocycles. The highest BCUT2D eigenvalue weighted by molar-refractivity contribution is 14.1. The van der Waals surface area contributed by atoms with Crippen LogP contribution in [0.4, 0.5) is 0 Å². The topological polar surface area (TPSA) is 12.9 Å². The third-order valence-electron chi connectivity index (χ3n) is 1.92. The highest BCUT2D eigenvalue weighted by Crippen LogP contribution is 2.24. The number of hydrogen-bond donors (Lipinski definition) is 0. The predicted octanol–water partition coefficient (Wildman–Crippen LogP) is 4.23. The van der Waals surface area contributed by atoms with E-state index in [2.05, 4.69) is 27.6 Å². The number of rotatable bonds is 1. The number of hydrogen-bond acceptors (Lipinski definition) is 1. The summed E-state index contributed by atoms with van der Waals surface area (Å²) in [6, 6.07) is 5.96. The standard InChI is InChI=1S/C10H6Cl2IN/c11-4-6-1-7-3-8(12)5-14-10(7)9(13)2-6/h1-3,5H,4H2. The van der Waals surface area contributed by atoms with Gasteiger partial charge in [-0.25, -0.2) is 0 Å². The van der Waals surface area contributed by atoms with Crippen molar-refractivity contribution in [2.24, 2.45) is 0 Å². The molecule has 0 radical (unpaired) electrons. The van der Waals surface area contributed by atoms with Crippen molar-refractivity contribution in [1.29, 1.82) is 0 Å². The molecule has 0 bridgehead atoms. The summed E-state index contributed by atoms with van der Waals surface area (Å²) in [5, 5.41) is 1.69. The average molecular weight is 338 g/mol. The van der Waals surface area contributed by atoms with Gasteiger partial charge in [0.15, 0.2) is 0 Å². The summed E-state index contributed by atoms with van der Waals surface area (Å²) in [6.07, 6.45) is 1.66. The Labute approximate surface area is 106 Å². The van der Waals surface area contributed by atoms with Crippen molar-refractivity contribution in [2.45, 2.75) is 5.88 Å². The van der Waals surface area contributed by atoms with E-state index >= 15 is 0 Å². The molecule has 1 nitrogen and oxygen atoms in total. The average Bonchev–Trinajstić information content (AvgIpc) is 2.16.